The zero-order valence-electron chi connectivity index (χ0n) is 13.2. The van der Waals surface area contributed by atoms with Gasteiger partial charge in [0.15, 0.2) is 0 Å². The first-order valence-corrected chi connectivity index (χ1v) is 7.23. The second-order valence-corrected chi connectivity index (χ2v) is 4.76. The normalized spacial score (nSPS) is 11.5. The number of hydrogen-bond acceptors (Lipinski definition) is 4. The van der Waals surface area contributed by atoms with Crippen molar-refractivity contribution in [2.75, 3.05) is 14.2 Å². The Labute approximate surface area is 136 Å². The summed E-state index contributed by atoms with van der Waals surface area (Å²) in [6.45, 7) is 0. The highest BCUT2D eigenvalue weighted by Gasteiger charge is 2.04. The molecule has 0 N–H and O–H groups in total. The van der Waals surface area contributed by atoms with Crippen molar-refractivity contribution in [3.05, 3.63) is 78.1 Å². The van der Waals surface area contributed by atoms with Crippen LogP contribution < -0.4 is 4.74 Å². The number of carbonyl (C=O) groups is 1. The number of carbonyl (C=O) groups excluding carboxylic acids is 1. The standard InChI is InChI=1S/C19H19NO3/c1-22-17-11-9-15(10-12-17)18(16-6-5-13-20-14-16)7-3-4-8-19(21)23-2/h3-7,9-14H,8H2,1-2H3/b4-3+,18-7+. The summed E-state index contributed by atoms with van der Waals surface area (Å²) in [5, 5.41) is 0. The Morgan fingerprint density at radius 3 is 2.52 bits per heavy atom. The summed E-state index contributed by atoms with van der Waals surface area (Å²) in [6.07, 6.45) is 9.37. The molecule has 4 heteroatoms. The van der Waals surface area contributed by atoms with E-state index in [1.807, 2.05) is 54.7 Å². The van der Waals surface area contributed by atoms with E-state index >= 15 is 0 Å². The van der Waals surface area contributed by atoms with Crippen LogP contribution >= 0.6 is 0 Å². The molecule has 0 saturated carbocycles. The van der Waals surface area contributed by atoms with Gasteiger partial charge in [0.2, 0.25) is 0 Å². The Morgan fingerprint density at radius 1 is 1.13 bits per heavy atom. The van der Waals surface area contributed by atoms with Crippen LogP contribution in [0.2, 0.25) is 0 Å². The Kier molecular flexibility index (Phi) is 6.12. The first-order valence-electron chi connectivity index (χ1n) is 7.23. The van der Waals surface area contributed by atoms with E-state index in [1.54, 1.807) is 19.4 Å². The predicted molar refractivity (Wildman–Crippen MR) is 90.1 cm³/mol. The van der Waals surface area contributed by atoms with Gasteiger partial charge < -0.3 is 9.47 Å². The van der Waals surface area contributed by atoms with E-state index in [9.17, 15) is 4.79 Å². The number of methoxy groups -OCH3 is 2. The molecule has 2 aromatic rings. The zero-order valence-corrected chi connectivity index (χ0v) is 13.2. The molecule has 23 heavy (non-hydrogen) atoms. The van der Waals surface area contributed by atoms with Gasteiger partial charge in [-0.25, -0.2) is 0 Å². The average Bonchev–Trinajstić information content (AvgIpc) is 2.62. The van der Waals surface area contributed by atoms with Crippen LogP contribution in [0.15, 0.2) is 67.0 Å². The number of benzene rings is 1. The van der Waals surface area contributed by atoms with Crippen molar-refractivity contribution >= 4 is 11.5 Å². The summed E-state index contributed by atoms with van der Waals surface area (Å²) in [6, 6.07) is 11.7. The summed E-state index contributed by atoms with van der Waals surface area (Å²) < 4.78 is 9.81. The van der Waals surface area contributed by atoms with E-state index in [2.05, 4.69) is 9.72 Å². The topological polar surface area (TPSA) is 48.4 Å². The molecule has 0 aliphatic rings. The fourth-order valence-electron chi connectivity index (χ4n) is 2.06. The molecule has 0 atom stereocenters. The number of nitrogens with zero attached hydrogens (tertiary/aromatic N) is 1. The first-order chi connectivity index (χ1) is 11.2. The van der Waals surface area contributed by atoms with Gasteiger partial charge in [-0.2, -0.15) is 0 Å². The summed E-state index contributed by atoms with van der Waals surface area (Å²) in [7, 11) is 3.02. The minimum absolute atomic E-state index is 0.246. The molecule has 0 fully saturated rings. The minimum Gasteiger partial charge on any atom is -0.497 e. The van der Waals surface area contributed by atoms with E-state index in [4.69, 9.17) is 4.74 Å². The fourth-order valence-corrected chi connectivity index (χ4v) is 2.06. The minimum atomic E-state index is -0.262. The van der Waals surface area contributed by atoms with E-state index in [-0.39, 0.29) is 12.4 Å². The molecule has 0 aliphatic heterocycles. The van der Waals surface area contributed by atoms with Gasteiger partial charge in [0.1, 0.15) is 5.75 Å². The monoisotopic (exact) mass is 309 g/mol. The highest BCUT2D eigenvalue weighted by atomic mass is 16.5. The number of ether oxygens (including phenoxy) is 2. The van der Waals surface area contributed by atoms with Gasteiger partial charge in [-0.05, 0) is 29.3 Å². The molecule has 0 spiro atoms. The van der Waals surface area contributed by atoms with Crippen LogP contribution in [0.5, 0.6) is 5.75 Å². The number of hydrogen-bond donors (Lipinski definition) is 0. The molecular weight excluding hydrogens is 290 g/mol. The van der Waals surface area contributed by atoms with Gasteiger partial charge in [-0.3, -0.25) is 9.78 Å². The molecule has 0 aliphatic carbocycles. The van der Waals surface area contributed by atoms with Crippen molar-refractivity contribution in [2.45, 2.75) is 6.42 Å². The molecule has 2 rings (SSSR count). The lowest BCUT2D eigenvalue weighted by molar-refractivity contribution is -0.139. The molecule has 0 bridgehead atoms. The van der Waals surface area contributed by atoms with Crippen LogP contribution in [-0.4, -0.2) is 25.2 Å². The van der Waals surface area contributed by atoms with E-state index in [1.165, 1.54) is 7.11 Å². The molecule has 1 aromatic heterocycles. The number of rotatable bonds is 6. The zero-order chi connectivity index (χ0) is 16.5. The third-order valence-electron chi connectivity index (χ3n) is 3.28. The quantitative estimate of drug-likeness (QED) is 0.604. The maximum Gasteiger partial charge on any atom is 0.309 e. The maximum atomic E-state index is 11.1. The number of esters is 1. The number of aromatic nitrogens is 1. The molecule has 0 radical (unpaired) electrons. The molecular formula is C19H19NO3. The van der Waals surface area contributed by atoms with Gasteiger partial charge in [-0.15, -0.1) is 0 Å². The Morgan fingerprint density at radius 2 is 1.91 bits per heavy atom. The van der Waals surface area contributed by atoms with Crippen molar-refractivity contribution < 1.29 is 14.3 Å². The predicted octanol–water partition coefficient (Wildman–Crippen LogP) is 3.64. The van der Waals surface area contributed by atoms with Gasteiger partial charge in [-0.1, -0.05) is 36.4 Å². The van der Waals surface area contributed by atoms with Crippen LogP contribution in [-0.2, 0) is 9.53 Å². The highest BCUT2D eigenvalue weighted by Crippen LogP contribution is 2.24. The van der Waals surface area contributed by atoms with Crippen molar-refractivity contribution in [1.82, 2.24) is 4.98 Å². The number of allylic oxidation sites excluding steroid dienone is 2. The van der Waals surface area contributed by atoms with E-state index in [0.717, 1.165) is 22.4 Å². The van der Waals surface area contributed by atoms with Crippen molar-refractivity contribution in [1.29, 1.82) is 0 Å². The average molecular weight is 309 g/mol. The Balaban J connectivity index is 2.30. The summed E-state index contributed by atoms with van der Waals surface area (Å²) in [4.78, 5) is 15.3. The van der Waals surface area contributed by atoms with Crippen LogP contribution in [0.25, 0.3) is 5.57 Å². The molecule has 118 valence electrons. The number of pyridine rings is 1. The van der Waals surface area contributed by atoms with Crippen LogP contribution in [0, 0.1) is 0 Å². The second kappa shape index (κ2) is 8.54. The summed E-state index contributed by atoms with van der Waals surface area (Å²) >= 11 is 0. The SMILES string of the molecule is COC(=O)C/C=C/C=C(\c1ccc(OC)cc1)c1cccnc1. The Hall–Kier alpha value is -2.88. The first kappa shape index (κ1) is 16.5. The van der Waals surface area contributed by atoms with E-state index in [0.29, 0.717) is 0 Å². The smallest absolute Gasteiger partial charge is 0.309 e. The van der Waals surface area contributed by atoms with Gasteiger partial charge in [0.25, 0.3) is 0 Å². The van der Waals surface area contributed by atoms with Crippen LogP contribution in [0.1, 0.15) is 17.5 Å². The van der Waals surface area contributed by atoms with Crippen molar-refractivity contribution in [3.8, 4) is 5.75 Å². The maximum absolute atomic E-state index is 11.1. The van der Waals surface area contributed by atoms with Gasteiger partial charge in [0, 0.05) is 18.0 Å². The molecule has 4 nitrogen and oxygen atoms in total. The summed E-state index contributed by atoms with van der Waals surface area (Å²) in [5.41, 5.74) is 3.06. The third-order valence-corrected chi connectivity index (χ3v) is 3.28. The lowest BCUT2D eigenvalue weighted by Gasteiger charge is -2.08. The summed E-state index contributed by atoms with van der Waals surface area (Å²) in [5.74, 6) is 0.544. The highest BCUT2D eigenvalue weighted by molar-refractivity contribution is 5.80. The van der Waals surface area contributed by atoms with Crippen LogP contribution in [0.4, 0.5) is 0 Å². The molecule has 0 amide bonds. The van der Waals surface area contributed by atoms with Crippen molar-refractivity contribution in [3.63, 3.8) is 0 Å². The van der Waals surface area contributed by atoms with Gasteiger partial charge >= 0.3 is 5.97 Å². The second-order valence-electron chi connectivity index (χ2n) is 4.76. The largest absolute Gasteiger partial charge is 0.497 e. The molecule has 1 heterocycles. The van der Waals surface area contributed by atoms with E-state index < -0.39 is 0 Å². The fraction of sp³-hybridized carbons (Fsp3) is 0.158. The van der Waals surface area contributed by atoms with Crippen LogP contribution in [0.3, 0.4) is 0 Å². The molecule has 0 saturated heterocycles. The molecule has 1 aromatic carbocycles. The Bertz CT molecular complexity index is 688. The van der Waals surface area contributed by atoms with Gasteiger partial charge in [0.05, 0.1) is 20.6 Å². The lowest BCUT2D eigenvalue weighted by atomic mass is 9.98. The molecule has 0 unspecified atom stereocenters. The third kappa shape index (κ3) is 4.81. The lowest BCUT2D eigenvalue weighted by Crippen LogP contribution is -1.96. The van der Waals surface area contributed by atoms with Crippen molar-refractivity contribution in [2.24, 2.45) is 0 Å².